The Hall–Kier alpha value is -1.57. The molecule has 1 aromatic rings. The Labute approximate surface area is 208 Å². The number of carbonyl (C=O) groups excluding carboxylic acids is 1. The molecule has 0 radical (unpaired) electrons. The van der Waals surface area contributed by atoms with Crippen LogP contribution in [0.15, 0.2) is 24.3 Å². The fraction of sp³-hybridized carbons (Fsp3) is 0.750. The summed E-state index contributed by atoms with van der Waals surface area (Å²) in [5.41, 5.74) is 0.548. The van der Waals surface area contributed by atoms with Crippen LogP contribution in [0.25, 0.3) is 0 Å². The fourth-order valence-corrected chi connectivity index (χ4v) is 8.68. The number of para-hydroxylation sites is 1. The average molecular weight is 479 g/mol. The number of fused-ring (bicyclic) bond motifs is 2. The molecule has 3 unspecified atom stereocenters. The summed E-state index contributed by atoms with van der Waals surface area (Å²) in [5.74, 6) is 2.23. The number of amides is 1. The minimum Gasteiger partial charge on any atom is -0.493 e. The van der Waals surface area contributed by atoms with E-state index in [0.717, 1.165) is 31.4 Å². The van der Waals surface area contributed by atoms with Gasteiger partial charge in [0.25, 0.3) is 0 Å². The summed E-state index contributed by atoms with van der Waals surface area (Å²) in [6, 6.07) is 8.20. The highest BCUT2D eigenvalue weighted by molar-refractivity contribution is 6.48. The summed E-state index contributed by atoms with van der Waals surface area (Å²) >= 11 is 0. The Balaban J connectivity index is 1.13. The maximum Gasteiger partial charge on any atom is 0.481 e. The third-order valence-electron chi connectivity index (χ3n) is 11.2. The van der Waals surface area contributed by atoms with Gasteiger partial charge in [-0.3, -0.25) is 4.79 Å². The standard InChI is InChI=1S/C28H38BNO5/c1-26(2)19-12-22(26)27(3)23(13-19)34-29(35-27)24(11-17-15-33-21-7-5-4-6-20(17)21)30-25(31)16-10-18-8-9-28(18,32)14-16/h4-7,16-19,22-24,32H,8-15H2,1-3H3,(H,30,31)/t16-,17-,18-,19?,22?,23-,24+,27+,28?/m1/s1. The second kappa shape index (κ2) is 7.49. The van der Waals surface area contributed by atoms with Crippen molar-refractivity contribution in [1.82, 2.24) is 5.32 Å². The van der Waals surface area contributed by atoms with Gasteiger partial charge in [-0.1, -0.05) is 32.0 Å². The number of carbonyl (C=O) groups is 1. The van der Waals surface area contributed by atoms with E-state index in [1.807, 2.05) is 12.1 Å². The Morgan fingerprint density at radius 2 is 2.03 bits per heavy atom. The molecule has 5 aliphatic carbocycles. The van der Waals surface area contributed by atoms with Gasteiger partial charge in [-0.25, -0.2) is 0 Å². The highest BCUT2D eigenvalue weighted by Gasteiger charge is 2.68. The molecule has 35 heavy (non-hydrogen) atoms. The van der Waals surface area contributed by atoms with Crippen molar-refractivity contribution in [2.75, 3.05) is 6.61 Å². The number of rotatable bonds is 5. The van der Waals surface area contributed by atoms with Crippen LogP contribution in [-0.2, 0) is 14.1 Å². The number of aliphatic hydroxyl groups is 1. The quantitative estimate of drug-likeness (QED) is 0.628. The van der Waals surface area contributed by atoms with Crippen LogP contribution in [-0.4, -0.2) is 48.0 Å². The second-order valence-corrected chi connectivity index (χ2v) is 13.2. The van der Waals surface area contributed by atoms with E-state index in [1.54, 1.807) is 0 Å². The van der Waals surface area contributed by atoms with E-state index in [1.165, 1.54) is 12.0 Å². The topological polar surface area (TPSA) is 77.0 Å². The summed E-state index contributed by atoms with van der Waals surface area (Å²) in [6.45, 7) is 7.59. The van der Waals surface area contributed by atoms with Gasteiger partial charge >= 0.3 is 7.12 Å². The van der Waals surface area contributed by atoms with Crippen molar-refractivity contribution in [3.8, 4) is 5.75 Å². The van der Waals surface area contributed by atoms with Gasteiger partial charge in [0.1, 0.15) is 5.75 Å². The zero-order valence-electron chi connectivity index (χ0n) is 21.2. The highest BCUT2D eigenvalue weighted by atomic mass is 16.7. The molecule has 188 valence electrons. The molecule has 2 bridgehead atoms. The number of benzene rings is 1. The van der Waals surface area contributed by atoms with Crippen molar-refractivity contribution in [1.29, 1.82) is 0 Å². The Morgan fingerprint density at radius 1 is 1.20 bits per heavy atom. The first-order chi connectivity index (χ1) is 16.7. The minimum atomic E-state index is -0.620. The third kappa shape index (κ3) is 3.23. The van der Waals surface area contributed by atoms with Gasteiger partial charge in [-0.2, -0.15) is 0 Å². The lowest BCUT2D eigenvalue weighted by Gasteiger charge is -2.64. The molecule has 0 spiro atoms. The molecule has 6 nitrogen and oxygen atoms in total. The van der Waals surface area contributed by atoms with Crippen LogP contribution in [0.4, 0.5) is 0 Å². The minimum absolute atomic E-state index is 0.0434. The van der Waals surface area contributed by atoms with Crippen molar-refractivity contribution in [3.63, 3.8) is 0 Å². The zero-order valence-corrected chi connectivity index (χ0v) is 21.2. The van der Waals surface area contributed by atoms with Crippen LogP contribution in [0.3, 0.4) is 0 Å². The van der Waals surface area contributed by atoms with E-state index in [9.17, 15) is 9.90 Å². The Kier molecular flexibility index (Phi) is 4.84. The molecule has 5 saturated carbocycles. The summed E-state index contributed by atoms with van der Waals surface area (Å²) < 4.78 is 19.4. The molecule has 7 aliphatic rings. The number of hydrogen-bond donors (Lipinski definition) is 2. The van der Waals surface area contributed by atoms with Gasteiger partial charge in [0.05, 0.1) is 29.9 Å². The lowest BCUT2D eigenvalue weighted by molar-refractivity contribution is -0.199. The predicted octanol–water partition coefficient (Wildman–Crippen LogP) is 3.86. The van der Waals surface area contributed by atoms with Crippen LogP contribution >= 0.6 is 0 Å². The van der Waals surface area contributed by atoms with E-state index >= 15 is 0 Å². The average Bonchev–Trinajstić information content (AvgIpc) is 3.46. The maximum absolute atomic E-state index is 13.5. The maximum atomic E-state index is 13.5. The van der Waals surface area contributed by atoms with E-state index in [0.29, 0.717) is 31.3 Å². The van der Waals surface area contributed by atoms with E-state index < -0.39 is 12.7 Å². The first-order valence-corrected chi connectivity index (χ1v) is 13.7. The monoisotopic (exact) mass is 479 g/mol. The smallest absolute Gasteiger partial charge is 0.481 e. The highest BCUT2D eigenvalue weighted by Crippen LogP contribution is 2.66. The van der Waals surface area contributed by atoms with Crippen molar-refractivity contribution in [2.24, 2.45) is 29.1 Å². The van der Waals surface area contributed by atoms with Crippen molar-refractivity contribution < 1.29 is 23.9 Å². The predicted molar refractivity (Wildman–Crippen MR) is 132 cm³/mol. The SMILES string of the molecule is CC1(C)C2CC1[C@]1(C)OB([C@H](C[C@@H]3COc4ccccc43)NC(=O)[C@@H]3C[C@H]4CCC4(O)C3)O[C@@H]1C2. The van der Waals surface area contributed by atoms with Crippen molar-refractivity contribution in [2.45, 2.75) is 94.9 Å². The first-order valence-electron chi connectivity index (χ1n) is 13.7. The Morgan fingerprint density at radius 3 is 2.74 bits per heavy atom. The molecule has 8 rings (SSSR count). The largest absolute Gasteiger partial charge is 0.493 e. The molecule has 1 amide bonds. The molecule has 1 saturated heterocycles. The van der Waals surface area contributed by atoms with E-state index in [-0.39, 0.29) is 46.7 Å². The summed E-state index contributed by atoms with van der Waals surface area (Å²) in [5, 5.41) is 14.1. The van der Waals surface area contributed by atoms with Gasteiger partial charge < -0.3 is 24.5 Å². The van der Waals surface area contributed by atoms with Gasteiger partial charge in [0.2, 0.25) is 5.91 Å². The molecular formula is C28H38BNO5. The van der Waals surface area contributed by atoms with E-state index in [4.69, 9.17) is 14.0 Å². The lowest BCUT2D eigenvalue weighted by Crippen LogP contribution is -2.65. The molecule has 2 heterocycles. The fourth-order valence-electron chi connectivity index (χ4n) is 8.68. The van der Waals surface area contributed by atoms with Gasteiger partial charge in [0.15, 0.2) is 0 Å². The molecule has 7 heteroatoms. The molecule has 6 fully saturated rings. The van der Waals surface area contributed by atoms with Gasteiger partial charge in [-0.05, 0) is 81.1 Å². The van der Waals surface area contributed by atoms with Crippen LogP contribution in [0.1, 0.15) is 77.2 Å². The third-order valence-corrected chi connectivity index (χ3v) is 11.2. The number of hydrogen-bond acceptors (Lipinski definition) is 5. The molecule has 1 aromatic carbocycles. The number of nitrogens with one attached hydrogen (secondary N) is 1. The van der Waals surface area contributed by atoms with Gasteiger partial charge in [0, 0.05) is 17.4 Å². The van der Waals surface area contributed by atoms with Crippen molar-refractivity contribution >= 4 is 13.0 Å². The summed E-state index contributed by atoms with van der Waals surface area (Å²) in [7, 11) is -0.460. The molecule has 2 N–H and O–H groups in total. The second-order valence-electron chi connectivity index (χ2n) is 13.2. The molecular weight excluding hydrogens is 441 g/mol. The first kappa shape index (κ1) is 22.6. The summed E-state index contributed by atoms with van der Waals surface area (Å²) in [4.78, 5) is 13.5. The van der Waals surface area contributed by atoms with Crippen LogP contribution in [0.2, 0.25) is 0 Å². The van der Waals surface area contributed by atoms with Crippen LogP contribution < -0.4 is 10.1 Å². The van der Waals surface area contributed by atoms with Gasteiger partial charge in [-0.15, -0.1) is 0 Å². The van der Waals surface area contributed by atoms with Crippen LogP contribution in [0, 0.1) is 29.1 Å². The molecule has 0 aromatic heterocycles. The van der Waals surface area contributed by atoms with E-state index in [2.05, 4.69) is 38.2 Å². The van der Waals surface area contributed by atoms with Crippen LogP contribution in [0.5, 0.6) is 5.75 Å². The normalized spacial score (nSPS) is 44.9. The lowest BCUT2D eigenvalue weighted by atomic mass is 9.43. The number of ether oxygens (including phenoxy) is 1. The van der Waals surface area contributed by atoms with Crippen molar-refractivity contribution in [3.05, 3.63) is 29.8 Å². The molecule has 2 aliphatic heterocycles. The Bertz CT molecular complexity index is 1050. The zero-order chi connectivity index (χ0) is 24.2. The summed E-state index contributed by atoms with van der Waals surface area (Å²) in [6.07, 6.45) is 6.27. The molecule has 9 atom stereocenters.